The summed E-state index contributed by atoms with van der Waals surface area (Å²) < 4.78 is 15.7. The van der Waals surface area contributed by atoms with Gasteiger partial charge < -0.3 is 15.7 Å². The summed E-state index contributed by atoms with van der Waals surface area (Å²) in [5.74, 6) is 0.344. The minimum atomic E-state index is -0.409. The fourth-order valence-corrected chi connectivity index (χ4v) is 4.14. The van der Waals surface area contributed by atoms with E-state index in [9.17, 15) is 9.18 Å². The van der Waals surface area contributed by atoms with Crippen molar-refractivity contribution >= 4 is 33.5 Å². The van der Waals surface area contributed by atoms with Crippen molar-refractivity contribution in [3.63, 3.8) is 0 Å². The molecule has 0 radical (unpaired) electrons. The first-order valence-electron chi connectivity index (χ1n) is 10.6. The lowest BCUT2D eigenvalue weighted by molar-refractivity contribution is 0.103. The van der Waals surface area contributed by atoms with Crippen molar-refractivity contribution in [2.75, 3.05) is 5.73 Å². The lowest BCUT2D eigenvalue weighted by atomic mass is 10.1. The van der Waals surface area contributed by atoms with Crippen molar-refractivity contribution in [1.29, 1.82) is 0 Å². The molecule has 8 nitrogen and oxygen atoms in total. The number of carbonyl (C=O) groups is 1. The Hall–Kier alpha value is -4.79. The van der Waals surface area contributed by atoms with Crippen molar-refractivity contribution in [2.24, 2.45) is 0 Å². The lowest BCUT2D eigenvalue weighted by Gasteiger charge is -2.05. The highest BCUT2D eigenvalue weighted by Gasteiger charge is 2.20. The number of aromatic amines is 2. The second-order valence-corrected chi connectivity index (χ2v) is 8.03. The number of nitrogens with two attached hydrogens (primary N) is 1. The van der Waals surface area contributed by atoms with Gasteiger partial charge in [0.15, 0.2) is 0 Å². The lowest BCUT2D eigenvalue weighted by Crippen LogP contribution is -2.07. The van der Waals surface area contributed by atoms with Crippen molar-refractivity contribution < 1.29 is 9.18 Å². The summed E-state index contributed by atoms with van der Waals surface area (Å²) in [5, 5.41) is 5.15. The maximum absolute atomic E-state index is 14.1. The zero-order chi connectivity index (χ0) is 23.4. The van der Waals surface area contributed by atoms with Crippen molar-refractivity contribution in [3.05, 3.63) is 89.9 Å². The molecule has 0 spiro atoms. The van der Waals surface area contributed by atoms with E-state index in [0.29, 0.717) is 22.5 Å². The number of rotatable bonds is 4. The highest BCUT2D eigenvalue weighted by molar-refractivity contribution is 6.12. The van der Waals surface area contributed by atoms with Crippen LogP contribution in [0.5, 0.6) is 0 Å². The first-order chi connectivity index (χ1) is 16.5. The number of halogens is 1. The van der Waals surface area contributed by atoms with Crippen molar-refractivity contribution in [2.45, 2.75) is 6.92 Å². The van der Waals surface area contributed by atoms with Gasteiger partial charge in [-0.1, -0.05) is 12.1 Å². The Bertz CT molecular complexity index is 1730. The molecule has 0 fully saturated rings. The van der Waals surface area contributed by atoms with Crippen LogP contribution in [0, 0.1) is 12.7 Å². The van der Waals surface area contributed by atoms with Gasteiger partial charge in [0.25, 0.3) is 0 Å². The minimum absolute atomic E-state index is 0.232. The molecule has 0 aliphatic rings. The topological polar surface area (TPSA) is 118 Å². The third kappa shape index (κ3) is 3.14. The van der Waals surface area contributed by atoms with Gasteiger partial charge in [-0.15, -0.1) is 0 Å². The summed E-state index contributed by atoms with van der Waals surface area (Å²) in [6.07, 6.45) is 3.00. The molecule has 0 aliphatic heterocycles. The maximum atomic E-state index is 14.1. The summed E-state index contributed by atoms with van der Waals surface area (Å²) in [4.78, 5) is 28.1. The standard InChI is InChI=1S/C25H18FN7O/c1-13-30-19-7-6-16(11-21(19)31-13)33-25(27)17(12-29-33)24(34)22-9-14-4-5-15(10-20(14)32-22)23-18(26)3-2-8-28-23/h2-12,32H,27H2,1H3,(H,30,31). The van der Waals surface area contributed by atoms with Gasteiger partial charge in [-0.25, -0.2) is 14.1 Å². The number of hydrogen-bond acceptors (Lipinski definition) is 5. The molecule has 0 bridgehead atoms. The molecule has 34 heavy (non-hydrogen) atoms. The van der Waals surface area contributed by atoms with Crippen molar-refractivity contribution in [1.82, 2.24) is 29.7 Å². The average molecular weight is 451 g/mol. The molecular weight excluding hydrogens is 433 g/mol. The molecule has 0 unspecified atom stereocenters. The van der Waals surface area contributed by atoms with E-state index in [0.717, 1.165) is 22.2 Å². The monoisotopic (exact) mass is 451 g/mol. The van der Waals surface area contributed by atoms with E-state index in [-0.39, 0.29) is 22.9 Å². The number of aromatic nitrogens is 6. The third-order valence-corrected chi connectivity index (χ3v) is 5.78. The second-order valence-electron chi connectivity index (χ2n) is 8.03. The van der Waals surface area contributed by atoms with Gasteiger partial charge in [0.2, 0.25) is 5.78 Å². The zero-order valence-corrected chi connectivity index (χ0v) is 18.0. The molecule has 6 rings (SSSR count). The highest BCUT2D eigenvalue weighted by atomic mass is 19.1. The number of pyridine rings is 1. The van der Waals surface area contributed by atoms with Gasteiger partial charge in [-0.2, -0.15) is 5.10 Å². The Kier molecular flexibility index (Phi) is 4.31. The molecular formula is C25H18FN7O. The highest BCUT2D eigenvalue weighted by Crippen LogP contribution is 2.27. The van der Waals surface area contributed by atoms with Crippen LogP contribution in [0.3, 0.4) is 0 Å². The number of carbonyl (C=O) groups excluding carboxylic acids is 1. The SMILES string of the molecule is Cc1nc2ccc(-n3ncc(C(=O)c4cc5ccc(-c6ncccc6F)cc5[nH]4)c3N)cc2[nH]1. The molecule has 0 saturated carbocycles. The second kappa shape index (κ2) is 7.38. The van der Waals surface area contributed by atoms with Crippen LogP contribution >= 0.6 is 0 Å². The number of anilines is 1. The number of nitrogens with zero attached hydrogens (tertiary/aromatic N) is 4. The molecule has 4 aromatic heterocycles. The number of fused-ring (bicyclic) bond motifs is 2. The number of aryl methyl sites for hydroxylation is 1. The average Bonchev–Trinajstić information content (AvgIpc) is 3.53. The predicted octanol–water partition coefficient (Wildman–Crippen LogP) is 4.55. The van der Waals surface area contributed by atoms with Crippen LogP contribution in [0.1, 0.15) is 21.9 Å². The van der Waals surface area contributed by atoms with E-state index in [1.165, 1.54) is 23.1 Å². The van der Waals surface area contributed by atoms with Crippen LogP contribution in [0.2, 0.25) is 0 Å². The number of imidazole rings is 1. The zero-order valence-electron chi connectivity index (χ0n) is 18.0. The first-order valence-corrected chi connectivity index (χ1v) is 10.6. The van der Waals surface area contributed by atoms with Gasteiger partial charge in [0.05, 0.1) is 34.2 Å². The van der Waals surface area contributed by atoms with E-state index < -0.39 is 5.82 Å². The van der Waals surface area contributed by atoms with Gasteiger partial charge in [-0.3, -0.25) is 9.78 Å². The van der Waals surface area contributed by atoms with Crippen LogP contribution in [0.15, 0.2) is 67.0 Å². The molecule has 0 amide bonds. The van der Waals surface area contributed by atoms with E-state index >= 15 is 0 Å². The summed E-state index contributed by atoms with van der Waals surface area (Å²) in [5.41, 5.74) is 10.9. The van der Waals surface area contributed by atoms with Gasteiger partial charge >= 0.3 is 0 Å². The molecule has 4 N–H and O–H groups in total. The van der Waals surface area contributed by atoms with Gasteiger partial charge in [0.1, 0.15) is 23.2 Å². The molecule has 2 aromatic carbocycles. The number of hydrogen-bond donors (Lipinski definition) is 3. The fraction of sp³-hybridized carbons (Fsp3) is 0.0400. The van der Waals surface area contributed by atoms with Crippen LogP contribution in [0.25, 0.3) is 38.9 Å². The quantitative estimate of drug-likeness (QED) is 0.340. The van der Waals surface area contributed by atoms with Crippen LogP contribution in [-0.2, 0) is 0 Å². The number of H-pyrrole nitrogens is 2. The normalized spacial score (nSPS) is 11.5. The molecule has 9 heteroatoms. The predicted molar refractivity (Wildman–Crippen MR) is 127 cm³/mol. The fourth-order valence-electron chi connectivity index (χ4n) is 4.14. The molecule has 0 atom stereocenters. The molecule has 0 saturated heterocycles. The number of benzene rings is 2. The van der Waals surface area contributed by atoms with E-state index in [2.05, 4.69) is 25.0 Å². The van der Waals surface area contributed by atoms with Crippen LogP contribution in [0.4, 0.5) is 10.2 Å². The Morgan fingerprint density at radius 2 is 1.94 bits per heavy atom. The van der Waals surface area contributed by atoms with E-state index in [4.69, 9.17) is 5.73 Å². The van der Waals surface area contributed by atoms with Crippen LogP contribution < -0.4 is 5.73 Å². The Labute approximate surface area is 192 Å². The summed E-state index contributed by atoms with van der Waals surface area (Å²) in [6, 6.07) is 15.6. The third-order valence-electron chi connectivity index (χ3n) is 5.78. The van der Waals surface area contributed by atoms with Crippen LogP contribution in [-0.4, -0.2) is 35.5 Å². The number of nitrogen functional groups attached to an aromatic ring is 1. The van der Waals surface area contributed by atoms with Crippen molar-refractivity contribution in [3.8, 4) is 16.9 Å². The Morgan fingerprint density at radius 3 is 2.79 bits per heavy atom. The summed E-state index contributed by atoms with van der Waals surface area (Å²) in [7, 11) is 0. The Balaban J connectivity index is 1.36. The van der Waals surface area contributed by atoms with E-state index in [1.54, 1.807) is 24.3 Å². The smallest absolute Gasteiger partial charge is 0.214 e. The van der Waals surface area contributed by atoms with Gasteiger partial charge in [-0.05, 0) is 49.4 Å². The molecule has 6 aromatic rings. The first kappa shape index (κ1) is 19.9. The summed E-state index contributed by atoms with van der Waals surface area (Å²) in [6.45, 7) is 1.88. The van der Waals surface area contributed by atoms with Gasteiger partial charge in [0, 0.05) is 22.7 Å². The molecule has 0 aliphatic carbocycles. The molecule has 166 valence electrons. The Morgan fingerprint density at radius 1 is 1.06 bits per heavy atom. The minimum Gasteiger partial charge on any atom is -0.383 e. The number of ketones is 1. The largest absolute Gasteiger partial charge is 0.383 e. The van der Waals surface area contributed by atoms with E-state index in [1.807, 2.05) is 31.2 Å². The molecule has 4 heterocycles. The maximum Gasteiger partial charge on any atom is 0.214 e. The number of nitrogens with one attached hydrogen (secondary N) is 2. The summed E-state index contributed by atoms with van der Waals surface area (Å²) >= 11 is 0.